The highest BCUT2D eigenvalue weighted by atomic mass is 32.2. The number of rotatable bonds is 5. The summed E-state index contributed by atoms with van der Waals surface area (Å²) in [6.07, 6.45) is 1.76. The number of thiophene rings is 1. The fraction of sp³-hybridized carbons (Fsp3) is 0.217. The van der Waals surface area contributed by atoms with Gasteiger partial charge in [-0.3, -0.25) is 4.79 Å². The lowest BCUT2D eigenvalue weighted by Gasteiger charge is -2.07. The molecule has 2 aromatic carbocycles. The maximum atomic E-state index is 12.9. The van der Waals surface area contributed by atoms with E-state index in [0.29, 0.717) is 21.6 Å². The number of sulfonamides is 1. The van der Waals surface area contributed by atoms with Crippen LogP contribution in [0.1, 0.15) is 24.0 Å². The zero-order valence-corrected chi connectivity index (χ0v) is 18.7. The molecule has 158 valence electrons. The first-order valence-corrected chi connectivity index (χ1v) is 12.4. The maximum Gasteiger partial charge on any atom is 0.260 e. The van der Waals surface area contributed by atoms with Gasteiger partial charge in [0.2, 0.25) is 10.0 Å². The van der Waals surface area contributed by atoms with Crippen LogP contribution in [0.15, 0.2) is 57.5 Å². The Morgan fingerprint density at radius 3 is 2.42 bits per heavy atom. The predicted molar refractivity (Wildman–Crippen MR) is 124 cm³/mol. The number of fused-ring (bicyclic) bond motifs is 1. The number of benzene rings is 2. The van der Waals surface area contributed by atoms with Crippen molar-refractivity contribution in [2.45, 2.75) is 37.6 Å². The molecule has 8 heteroatoms. The fourth-order valence-electron chi connectivity index (χ4n) is 3.49. The smallest absolute Gasteiger partial charge is 0.260 e. The van der Waals surface area contributed by atoms with Gasteiger partial charge in [0.05, 0.1) is 10.3 Å². The zero-order chi connectivity index (χ0) is 21.8. The van der Waals surface area contributed by atoms with Crippen LogP contribution in [0.5, 0.6) is 0 Å². The molecule has 31 heavy (non-hydrogen) atoms. The summed E-state index contributed by atoms with van der Waals surface area (Å²) in [7, 11) is -3.51. The molecule has 0 saturated heterocycles. The van der Waals surface area contributed by atoms with Crippen molar-refractivity contribution in [3.63, 3.8) is 0 Å². The predicted octanol–water partition coefficient (Wildman–Crippen LogP) is 4.38. The van der Waals surface area contributed by atoms with Gasteiger partial charge >= 0.3 is 0 Å². The van der Waals surface area contributed by atoms with Crippen molar-refractivity contribution in [2.24, 2.45) is 0 Å². The Hall–Kier alpha value is -2.81. The van der Waals surface area contributed by atoms with Crippen molar-refractivity contribution in [3.8, 4) is 22.5 Å². The van der Waals surface area contributed by atoms with E-state index in [1.165, 1.54) is 22.5 Å². The van der Waals surface area contributed by atoms with Crippen LogP contribution < -0.4 is 10.3 Å². The number of nitrogens with one attached hydrogen (secondary N) is 2. The average molecular weight is 452 g/mol. The summed E-state index contributed by atoms with van der Waals surface area (Å²) in [6.45, 7) is 4.11. The van der Waals surface area contributed by atoms with Crippen molar-refractivity contribution in [3.05, 3.63) is 69.3 Å². The fourth-order valence-corrected chi connectivity index (χ4v) is 5.74. The molecule has 4 aromatic rings. The average Bonchev–Trinajstić information content (AvgIpc) is 3.44. The van der Waals surface area contributed by atoms with Gasteiger partial charge in [0.15, 0.2) is 0 Å². The molecule has 1 aliphatic carbocycles. The van der Waals surface area contributed by atoms with E-state index in [9.17, 15) is 13.2 Å². The van der Waals surface area contributed by atoms with Crippen LogP contribution in [-0.2, 0) is 10.0 Å². The van der Waals surface area contributed by atoms with E-state index in [-0.39, 0.29) is 16.5 Å². The molecule has 2 heterocycles. The third-order valence-electron chi connectivity index (χ3n) is 5.60. The van der Waals surface area contributed by atoms with Crippen molar-refractivity contribution in [2.75, 3.05) is 0 Å². The van der Waals surface area contributed by atoms with Gasteiger partial charge in [-0.1, -0.05) is 18.2 Å². The zero-order valence-electron chi connectivity index (χ0n) is 17.1. The third-order valence-corrected chi connectivity index (χ3v) is 8.01. The minimum absolute atomic E-state index is 0.0513. The lowest BCUT2D eigenvalue weighted by atomic mass is 10.0. The molecule has 0 aliphatic heterocycles. The summed E-state index contributed by atoms with van der Waals surface area (Å²) in [5, 5.41) is 2.53. The van der Waals surface area contributed by atoms with Gasteiger partial charge in [0, 0.05) is 22.5 Å². The van der Waals surface area contributed by atoms with Crippen molar-refractivity contribution in [1.29, 1.82) is 0 Å². The van der Waals surface area contributed by atoms with E-state index >= 15 is 0 Å². The Balaban J connectivity index is 1.52. The Bertz CT molecular complexity index is 1460. The molecule has 5 rings (SSSR count). The lowest BCUT2D eigenvalue weighted by Crippen LogP contribution is -2.25. The summed E-state index contributed by atoms with van der Waals surface area (Å²) in [5.41, 5.74) is 4.69. The number of nitrogens with zero attached hydrogens (tertiary/aromatic N) is 1. The maximum absolute atomic E-state index is 12.9. The van der Waals surface area contributed by atoms with Gasteiger partial charge in [0.1, 0.15) is 10.7 Å². The SMILES string of the molecule is Cc1ccc(-c2csc3nc(-c4ccc(S(=O)(=O)NC5CC5)cc4)[nH]c(=O)c23)cc1C. The van der Waals surface area contributed by atoms with Crippen LogP contribution in [0.25, 0.3) is 32.7 Å². The van der Waals surface area contributed by atoms with Crippen LogP contribution in [0.3, 0.4) is 0 Å². The minimum Gasteiger partial charge on any atom is -0.306 e. The largest absolute Gasteiger partial charge is 0.306 e. The molecule has 2 aromatic heterocycles. The Kier molecular flexibility index (Phi) is 4.80. The molecule has 0 atom stereocenters. The molecule has 1 saturated carbocycles. The number of hydrogen-bond acceptors (Lipinski definition) is 5. The van der Waals surface area contributed by atoms with Gasteiger partial charge in [-0.05, 0) is 67.6 Å². The summed E-state index contributed by atoms with van der Waals surface area (Å²) < 4.78 is 27.4. The van der Waals surface area contributed by atoms with Crippen molar-refractivity contribution >= 4 is 31.6 Å². The minimum atomic E-state index is -3.51. The Labute approximate surface area is 184 Å². The third kappa shape index (κ3) is 3.82. The number of aromatic amines is 1. The van der Waals surface area contributed by atoms with Crippen molar-refractivity contribution < 1.29 is 8.42 Å². The van der Waals surface area contributed by atoms with Gasteiger partial charge in [-0.2, -0.15) is 0 Å². The molecule has 0 radical (unpaired) electrons. The van der Waals surface area contributed by atoms with Crippen molar-refractivity contribution in [1.82, 2.24) is 14.7 Å². The molecule has 0 unspecified atom stereocenters. The summed E-state index contributed by atoms with van der Waals surface area (Å²) >= 11 is 1.43. The molecule has 1 aliphatic rings. The van der Waals surface area contributed by atoms with Crippen LogP contribution in [-0.4, -0.2) is 24.4 Å². The summed E-state index contributed by atoms with van der Waals surface area (Å²) in [5.74, 6) is 0.421. The summed E-state index contributed by atoms with van der Waals surface area (Å²) in [4.78, 5) is 21.3. The van der Waals surface area contributed by atoms with Gasteiger partial charge in [0.25, 0.3) is 5.56 Å². The first-order chi connectivity index (χ1) is 14.8. The highest BCUT2D eigenvalue weighted by Gasteiger charge is 2.28. The van der Waals surface area contributed by atoms with E-state index in [1.54, 1.807) is 24.3 Å². The van der Waals surface area contributed by atoms with E-state index in [2.05, 4.69) is 40.7 Å². The number of H-pyrrole nitrogens is 1. The second kappa shape index (κ2) is 7.40. The quantitative estimate of drug-likeness (QED) is 0.471. The molecule has 0 amide bonds. The van der Waals surface area contributed by atoms with E-state index < -0.39 is 10.0 Å². The number of aromatic nitrogens is 2. The monoisotopic (exact) mass is 451 g/mol. The number of aryl methyl sites for hydroxylation is 2. The standard InChI is InChI=1S/C23H21N3O3S2/c1-13-3-4-16(11-14(13)2)19-12-30-23-20(19)22(27)24-21(25-23)15-5-9-18(10-6-15)31(28,29)26-17-7-8-17/h3-6,9-12,17,26H,7-8H2,1-2H3,(H,24,25,27). The van der Waals surface area contributed by atoms with Crippen LogP contribution >= 0.6 is 11.3 Å². The highest BCUT2D eigenvalue weighted by Crippen LogP contribution is 2.32. The molecular formula is C23H21N3O3S2. The van der Waals surface area contributed by atoms with Gasteiger partial charge in [-0.15, -0.1) is 11.3 Å². The van der Waals surface area contributed by atoms with Gasteiger partial charge in [-0.25, -0.2) is 18.1 Å². The Morgan fingerprint density at radius 2 is 1.74 bits per heavy atom. The second-order valence-corrected chi connectivity index (χ2v) is 10.5. The number of hydrogen-bond donors (Lipinski definition) is 2. The van der Waals surface area contributed by atoms with Gasteiger partial charge < -0.3 is 4.98 Å². The first kappa shape index (κ1) is 20.1. The topological polar surface area (TPSA) is 91.9 Å². The molecule has 2 N–H and O–H groups in total. The highest BCUT2D eigenvalue weighted by molar-refractivity contribution is 7.89. The van der Waals surface area contributed by atoms with Crippen LogP contribution in [0.2, 0.25) is 0 Å². The molecule has 6 nitrogen and oxygen atoms in total. The normalized spacial score (nSPS) is 14.3. The lowest BCUT2D eigenvalue weighted by molar-refractivity contribution is 0.581. The van der Waals surface area contributed by atoms with Crippen LogP contribution in [0.4, 0.5) is 0 Å². The first-order valence-electron chi connectivity index (χ1n) is 10.0. The van der Waals surface area contributed by atoms with Crippen LogP contribution in [0, 0.1) is 13.8 Å². The Morgan fingerprint density at radius 1 is 1.03 bits per heavy atom. The summed E-state index contributed by atoms with van der Waals surface area (Å²) in [6, 6.07) is 12.6. The molecular weight excluding hydrogens is 430 g/mol. The van der Waals surface area contributed by atoms with E-state index in [1.807, 2.05) is 11.4 Å². The van der Waals surface area contributed by atoms with E-state index in [4.69, 9.17) is 0 Å². The molecule has 0 spiro atoms. The van der Waals surface area contributed by atoms with E-state index in [0.717, 1.165) is 24.0 Å². The second-order valence-electron chi connectivity index (χ2n) is 7.96. The molecule has 0 bridgehead atoms. The molecule has 1 fully saturated rings.